The van der Waals surface area contributed by atoms with Crippen LogP contribution in [0, 0.1) is 11.3 Å². The number of halogens is 1. The van der Waals surface area contributed by atoms with E-state index < -0.39 is 0 Å². The van der Waals surface area contributed by atoms with Crippen LogP contribution in [0.25, 0.3) is 0 Å². The lowest BCUT2D eigenvalue weighted by Crippen LogP contribution is -2.72. The Kier molecular flexibility index (Phi) is 5.53. The molecule has 3 fully saturated rings. The van der Waals surface area contributed by atoms with Crippen molar-refractivity contribution in [3.05, 3.63) is 0 Å². The summed E-state index contributed by atoms with van der Waals surface area (Å²) < 4.78 is 11.0. The first-order valence-electron chi connectivity index (χ1n) is 7.39. The molecule has 3 rings (SSSR count). The molecule has 0 aromatic rings. The maximum Gasteiger partial charge on any atom is 0.191 e. The van der Waals surface area contributed by atoms with E-state index in [1.54, 1.807) is 7.11 Å². The maximum atomic E-state index is 5.93. The molecule has 3 aliphatic rings. The Labute approximate surface area is 138 Å². The molecule has 2 aliphatic carbocycles. The number of guanidine groups is 1. The van der Waals surface area contributed by atoms with E-state index in [0.29, 0.717) is 30.1 Å². The molecule has 0 amide bonds. The maximum absolute atomic E-state index is 5.93. The summed E-state index contributed by atoms with van der Waals surface area (Å²) in [6.07, 6.45) is 5.66. The zero-order valence-electron chi connectivity index (χ0n) is 12.4. The standard InChI is InChI=1S/C14H25N3O2.HI/c1-15-13(16-7-9-18-2)17-11-10-4-8-19-12(10)14(11)5-3-6-14;/h10-12H,3-9H2,1-2H3,(H2,15,16,17);1H. The summed E-state index contributed by atoms with van der Waals surface area (Å²) in [7, 11) is 3.55. The fourth-order valence-electron chi connectivity index (χ4n) is 4.07. The number of methoxy groups -OCH3 is 1. The van der Waals surface area contributed by atoms with Gasteiger partial charge in [-0.25, -0.2) is 0 Å². The monoisotopic (exact) mass is 395 g/mol. The molecular weight excluding hydrogens is 369 g/mol. The van der Waals surface area contributed by atoms with Gasteiger partial charge in [0.15, 0.2) is 5.96 Å². The lowest BCUT2D eigenvalue weighted by atomic mass is 9.46. The number of nitrogens with zero attached hydrogens (tertiary/aromatic N) is 1. The Morgan fingerprint density at radius 3 is 2.85 bits per heavy atom. The van der Waals surface area contributed by atoms with Gasteiger partial charge in [0.1, 0.15) is 0 Å². The molecule has 2 saturated carbocycles. The van der Waals surface area contributed by atoms with Gasteiger partial charge < -0.3 is 20.1 Å². The molecule has 2 N–H and O–H groups in total. The van der Waals surface area contributed by atoms with Crippen LogP contribution in [0.3, 0.4) is 0 Å². The third-order valence-electron chi connectivity index (χ3n) is 5.15. The average Bonchev–Trinajstić information content (AvgIpc) is 2.77. The summed E-state index contributed by atoms with van der Waals surface area (Å²) in [6, 6.07) is 0.544. The molecule has 1 spiro atoms. The molecule has 1 saturated heterocycles. The smallest absolute Gasteiger partial charge is 0.191 e. The highest BCUT2D eigenvalue weighted by Gasteiger charge is 2.66. The van der Waals surface area contributed by atoms with E-state index in [-0.39, 0.29) is 24.0 Å². The van der Waals surface area contributed by atoms with Crippen molar-refractivity contribution >= 4 is 29.9 Å². The van der Waals surface area contributed by atoms with Crippen molar-refractivity contribution in [2.24, 2.45) is 16.3 Å². The van der Waals surface area contributed by atoms with Gasteiger partial charge in [-0.1, -0.05) is 6.42 Å². The van der Waals surface area contributed by atoms with Crippen LogP contribution in [0.5, 0.6) is 0 Å². The van der Waals surface area contributed by atoms with Crippen LogP contribution in [0.15, 0.2) is 4.99 Å². The summed E-state index contributed by atoms with van der Waals surface area (Å²) in [5.41, 5.74) is 0.403. The molecule has 1 aliphatic heterocycles. The molecular formula is C14H26IN3O2. The molecule has 0 radical (unpaired) electrons. The van der Waals surface area contributed by atoms with E-state index >= 15 is 0 Å². The minimum atomic E-state index is 0. The van der Waals surface area contributed by atoms with Gasteiger partial charge >= 0.3 is 0 Å². The second-order valence-corrected chi connectivity index (χ2v) is 5.94. The highest BCUT2D eigenvalue weighted by molar-refractivity contribution is 14.0. The number of nitrogens with one attached hydrogen (secondary N) is 2. The van der Waals surface area contributed by atoms with Crippen LogP contribution in [0.1, 0.15) is 25.7 Å². The zero-order chi connectivity index (χ0) is 13.3. The van der Waals surface area contributed by atoms with Gasteiger partial charge in [-0.05, 0) is 19.3 Å². The molecule has 0 aromatic carbocycles. The van der Waals surface area contributed by atoms with Gasteiger partial charge in [-0.2, -0.15) is 0 Å². The molecule has 3 atom stereocenters. The zero-order valence-corrected chi connectivity index (χ0v) is 14.7. The van der Waals surface area contributed by atoms with E-state index in [1.165, 1.54) is 25.7 Å². The van der Waals surface area contributed by atoms with E-state index in [0.717, 1.165) is 19.1 Å². The molecule has 1 heterocycles. The molecule has 5 nitrogen and oxygen atoms in total. The minimum absolute atomic E-state index is 0. The third-order valence-corrected chi connectivity index (χ3v) is 5.15. The largest absolute Gasteiger partial charge is 0.383 e. The van der Waals surface area contributed by atoms with Crippen LogP contribution in [-0.4, -0.2) is 52.0 Å². The van der Waals surface area contributed by atoms with Gasteiger partial charge in [0.2, 0.25) is 0 Å². The van der Waals surface area contributed by atoms with Crippen LogP contribution < -0.4 is 10.6 Å². The first kappa shape index (κ1) is 16.3. The summed E-state index contributed by atoms with van der Waals surface area (Å²) >= 11 is 0. The number of hydrogen-bond acceptors (Lipinski definition) is 3. The number of aliphatic imine (C=N–C) groups is 1. The van der Waals surface area contributed by atoms with Gasteiger partial charge in [0.05, 0.1) is 12.7 Å². The van der Waals surface area contributed by atoms with Crippen molar-refractivity contribution in [3.63, 3.8) is 0 Å². The summed E-state index contributed by atoms with van der Waals surface area (Å²) in [5, 5.41) is 6.94. The SMILES string of the molecule is CN=C(NCCOC)NC1C2CCOC2C12CCC2.I. The Morgan fingerprint density at radius 2 is 2.25 bits per heavy atom. The minimum Gasteiger partial charge on any atom is -0.383 e. The Morgan fingerprint density at radius 1 is 1.45 bits per heavy atom. The predicted octanol–water partition coefficient (Wildman–Crippen LogP) is 1.37. The molecule has 6 heteroatoms. The van der Waals surface area contributed by atoms with Crippen LogP contribution in [0.4, 0.5) is 0 Å². The van der Waals surface area contributed by atoms with Gasteiger partial charge in [-0.15, -0.1) is 24.0 Å². The Bertz CT molecular complexity index is 360. The molecule has 3 unspecified atom stereocenters. The molecule has 20 heavy (non-hydrogen) atoms. The van der Waals surface area contributed by atoms with Crippen LogP contribution in [0.2, 0.25) is 0 Å². The first-order chi connectivity index (χ1) is 9.31. The molecule has 0 aromatic heterocycles. The van der Waals surface area contributed by atoms with Crippen molar-refractivity contribution in [2.75, 3.05) is 33.9 Å². The summed E-state index contributed by atoms with van der Waals surface area (Å²) in [5.74, 6) is 1.58. The van der Waals surface area contributed by atoms with E-state index in [4.69, 9.17) is 9.47 Å². The Balaban J connectivity index is 0.00000147. The third kappa shape index (κ3) is 2.54. The highest BCUT2D eigenvalue weighted by atomic mass is 127. The van der Waals surface area contributed by atoms with Gasteiger partial charge in [0.25, 0.3) is 0 Å². The normalized spacial score (nSPS) is 33.7. The highest BCUT2D eigenvalue weighted by Crippen LogP contribution is 2.62. The van der Waals surface area contributed by atoms with Crippen LogP contribution >= 0.6 is 24.0 Å². The average molecular weight is 395 g/mol. The van der Waals surface area contributed by atoms with Crippen molar-refractivity contribution in [3.8, 4) is 0 Å². The number of hydrogen-bond donors (Lipinski definition) is 2. The fourth-order valence-corrected chi connectivity index (χ4v) is 4.07. The van der Waals surface area contributed by atoms with Crippen molar-refractivity contribution in [1.82, 2.24) is 10.6 Å². The second kappa shape index (κ2) is 6.79. The van der Waals surface area contributed by atoms with Crippen molar-refractivity contribution in [1.29, 1.82) is 0 Å². The number of rotatable bonds is 4. The van der Waals surface area contributed by atoms with Crippen molar-refractivity contribution < 1.29 is 9.47 Å². The fraction of sp³-hybridized carbons (Fsp3) is 0.929. The van der Waals surface area contributed by atoms with E-state index in [1.807, 2.05) is 7.05 Å². The number of fused-ring (bicyclic) bond motifs is 2. The molecule has 0 bridgehead atoms. The topological polar surface area (TPSA) is 54.9 Å². The van der Waals surface area contributed by atoms with E-state index in [9.17, 15) is 0 Å². The van der Waals surface area contributed by atoms with Crippen LogP contribution in [-0.2, 0) is 9.47 Å². The first-order valence-corrected chi connectivity index (χ1v) is 7.39. The summed E-state index contributed by atoms with van der Waals surface area (Å²) in [6.45, 7) is 2.43. The molecule has 116 valence electrons. The predicted molar refractivity (Wildman–Crippen MR) is 89.7 cm³/mol. The second-order valence-electron chi connectivity index (χ2n) is 5.94. The van der Waals surface area contributed by atoms with E-state index in [2.05, 4.69) is 15.6 Å². The van der Waals surface area contributed by atoms with Gasteiger partial charge in [-0.3, -0.25) is 4.99 Å². The van der Waals surface area contributed by atoms with Crippen molar-refractivity contribution in [2.45, 2.75) is 37.8 Å². The number of ether oxygens (including phenoxy) is 2. The summed E-state index contributed by atoms with van der Waals surface area (Å²) in [4.78, 5) is 4.32. The van der Waals surface area contributed by atoms with Gasteiger partial charge in [0, 0.05) is 44.7 Å². The Hall–Kier alpha value is -0.0800. The quantitative estimate of drug-likeness (QED) is 0.327. The lowest BCUT2D eigenvalue weighted by Gasteiger charge is -2.63. The lowest BCUT2D eigenvalue weighted by molar-refractivity contribution is -0.171.